The Morgan fingerprint density at radius 2 is 1.74 bits per heavy atom. The zero-order valence-electron chi connectivity index (χ0n) is 13.2. The molecular weight excluding hydrogens is 290 g/mol. The molecule has 1 fully saturated rings. The highest BCUT2D eigenvalue weighted by atomic mass is 16.2. The summed E-state index contributed by atoms with van der Waals surface area (Å²) in [6.07, 6.45) is 2.02. The van der Waals surface area contributed by atoms with Gasteiger partial charge >= 0.3 is 0 Å². The Balaban J connectivity index is 1.76. The van der Waals surface area contributed by atoms with Gasteiger partial charge in [0.15, 0.2) is 0 Å². The molecule has 1 saturated carbocycles. The number of carbonyl (C=O) groups is 2. The lowest BCUT2D eigenvalue weighted by Gasteiger charge is -2.10. The lowest BCUT2D eigenvalue weighted by molar-refractivity contribution is 0.0946. The van der Waals surface area contributed by atoms with Gasteiger partial charge in [0.25, 0.3) is 11.8 Å². The fourth-order valence-corrected chi connectivity index (χ4v) is 2.23. The van der Waals surface area contributed by atoms with Gasteiger partial charge in [0, 0.05) is 11.7 Å². The topological polar surface area (TPSA) is 71.1 Å². The third-order valence-corrected chi connectivity index (χ3v) is 3.77. The zero-order chi connectivity index (χ0) is 16.4. The molecule has 23 heavy (non-hydrogen) atoms. The van der Waals surface area contributed by atoms with Crippen LogP contribution in [0.5, 0.6) is 0 Å². The van der Waals surface area contributed by atoms with Gasteiger partial charge in [-0.2, -0.15) is 0 Å². The third kappa shape index (κ3) is 3.74. The van der Waals surface area contributed by atoms with E-state index in [0.29, 0.717) is 0 Å². The first-order valence-corrected chi connectivity index (χ1v) is 7.69. The molecule has 0 saturated heterocycles. The van der Waals surface area contributed by atoms with Crippen LogP contribution in [0.15, 0.2) is 36.4 Å². The number of hydrogen-bond donors (Lipinski definition) is 2. The van der Waals surface area contributed by atoms with E-state index in [-0.39, 0.29) is 29.2 Å². The smallest absolute Gasteiger partial charge is 0.274 e. The first-order valence-electron chi connectivity index (χ1n) is 7.69. The maximum Gasteiger partial charge on any atom is 0.274 e. The molecule has 118 valence electrons. The van der Waals surface area contributed by atoms with Crippen LogP contribution in [0.2, 0.25) is 0 Å². The number of benzene rings is 1. The van der Waals surface area contributed by atoms with Crippen LogP contribution in [0.4, 0.5) is 5.69 Å². The van der Waals surface area contributed by atoms with E-state index in [4.69, 9.17) is 0 Å². The molecule has 2 N–H and O–H groups in total. The Morgan fingerprint density at radius 1 is 1.04 bits per heavy atom. The summed E-state index contributed by atoms with van der Waals surface area (Å²) in [5, 5.41) is 5.72. The Hall–Kier alpha value is -2.69. The second-order valence-corrected chi connectivity index (χ2v) is 5.93. The zero-order valence-corrected chi connectivity index (χ0v) is 13.2. The predicted octanol–water partition coefficient (Wildman–Crippen LogP) is 2.84. The maximum atomic E-state index is 12.4. The minimum Gasteiger partial charge on any atom is -0.348 e. The van der Waals surface area contributed by atoms with E-state index in [1.54, 1.807) is 18.2 Å². The van der Waals surface area contributed by atoms with Gasteiger partial charge in [-0.05, 0) is 56.0 Å². The summed E-state index contributed by atoms with van der Waals surface area (Å²) in [5.41, 5.74) is 3.30. The van der Waals surface area contributed by atoms with Crippen LogP contribution in [0.3, 0.4) is 0 Å². The Morgan fingerprint density at radius 3 is 2.43 bits per heavy atom. The molecule has 2 amide bonds. The molecule has 0 aliphatic heterocycles. The lowest BCUT2D eigenvalue weighted by atomic mass is 10.1. The number of hydrogen-bond acceptors (Lipinski definition) is 3. The van der Waals surface area contributed by atoms with Crippen LogP contribution in [0, 0.1) is 13.8 Å². The SMILES string of the molecule is Cc1ccc(C)c(NC(=O)c2cccc(C(=O)NC3CC3)n2)c1. The average Bonchev–Trinajstić information content (AvgIpc) is 3.35. The number of carbonyl (C=O) groups excluding carboxylic acids is 2. The summed E-state index contributed by atoms with van der Waals surface area (Å²) >= 11 is 0. The molecule has 0 spiro atoms. The van der Waals surface area contributed by atoms with Gasteiger partial charge in [0.05, 0.1) is 0 Å². The van der Waals surface area contributed by atoms with Gasteiger partial charge in [0.1, 0.15) is 11.4 Å². The van der Waals surface area contributed by atoms with Crippen LogP contribution in [0.1, 0.15) is 44.9 Å². The van der Waals surface area contributed by atoms with E-state index in [2.05, 4.69) is 15.6 Å². The van der Waals surface area contributed by atoms with Crippen LogP contribution < -0.4 is 10.6 Å². The predicted molar refractivity (Wildman–Crippen MR) is 88.6 cm³/mol. The molecule has 0 radical (unpaired) electrons. The molecule has 5 nitrogen and oxygen atoms in total. The monoisotopic (exact) mass is 309 g/mol. The molecule has 1 aromatic heterocycles. The molecule has 1 aliphatic carbocycles. The quantitative estimate of drug-likeness (QED) is 0.912. The fraction of sp³-hybridized carbons (Fsp3) is 0.278. The van der Waals surface area contributed by atoms with Gasteiger partial charge in [-0.15, -0.1) is 0 Å². The number of amides is 2. The summed E-state index contributed by atoms with van der Waals surface area (Å²) in [4.78, 5) is 28.6. The minimum absolute atomic E-state index is 0.228. The molecule has 0 atom stereocenters. The number of nitrogens with one attached hydrogen (secondary N) is 2. The van der Waals surface area contributed by atoms with E-state index < -0.39 is 0 Å². The van der Waals surface area contributed by atoms with Crippen LogP contribution in [0.25, 0.3) is 0 Å². The maximum absolute atomic E-state index is 12.4. The second kappa shape index (κ2) is 6.20. The number of nitrogens with zero attached hydrogens (tertiary/aromatic N) is 1. The highest BCUT2D eigenvalue weighted by molar-refractivity contribution is 6.04. The van der Waals surface area contributed by atoms with Crippen molar-refractivity contribution in [2.24, 2.45) is 0 Å². The summed E-state index contributed by atoms with van der Waals surface area (Å²) in [5.74, 6) is -0.548. The molecule has 0 bridgehead atoms. The molecular formula is C18H19N3O2. The molecule has 1 aliphatic rings. The Bertz CT molecular complexity index is 767. The first kappa shape index (κ1) is 15.2. The van der Waals surface area contributed by atoms with Crippen molar-refractivity contribution in [3.63, 3.8) is 0 Å². The van der Waals surface area contributed by atoms with E-state index in [0.717, 1.165) is 29.7 Å². The lowest BCUT2D eigenvalue weighted by Crippen LogP contribution is -2.27. The largest absolute Gasteiger partial charge is 0.348 e. The average molecular weight is 309 g/mol. The number of pyridine rings is 1. The van der Waals surface area contributed by atoms with Crippen molar-refractivity contribution in [2.45, 2.75) is 32.7 Å². The van der Waals surface area contributed by atoms with Gasteiger partial charge in [-0.3, -0.25) is 9.59 Å². The van der Waals surface area contributed by atoms with Crippen LogP contribution >= 0.6 is 0 Å². The molecule has 3 rings (SSSR count). The molecule has 2 aromatic rings. The number of aromatic nitrogens is 1. The Kier molecular flexibility index (Phi) is 4.10. The van der Waals surface area contributed by atoms with Crippen molar-refractivity contribution >= 4 is 17.5 Å². The van der Waals surface area contributed by atoms with Gasteiger partial charge in [-0.1, -0.05) is 18.2 Å². The summed E-state index contributed by atoms with van der Waals surface area (Å²) in [6.45, 7) is 3.90. The standard InChI is InChI=1S/C18H19N3O2/c1-11-6-7-12(2)16(10-11)21-18(23)15-5-3-4-14(20-15)17(22)19-13-8-9-13/h3-7,10,13H,8-9H2,1-2H3,(H,19,22)(H,21,23). The normalized spacial score (nSPS) is 13.5. The first-order chi connectivity index (χ1) is 11.0. The van der Waals surface area contributed by atoms with Crippen molar-refractivity contribution < 1.29 is 9.59 Å². The van der Waals surface area contributed by atoms with Crippen molar-refractivity contribution in [1.82, 2.24) is 10.3 Å². The van der Waals surface area contributed by atoms with Gasteiger partial charge < -0.3 is 10.6 Å². The van der Waals surface area contributed by atoms with E-state index in [1.807, 2.05) is 32.0 Å². The van der Waals surface area contributed by atoms with Crippen molar-refractivity contribution in [3.05, 3.63) is 58.9 Å². The minimum atomic E-state index is -0.320. The number of rotatable bonds is 4. The highest BCUT2D eigenvalue weighted by Crippen LogP contribution is 2.19. The van der Waals surface area contributed by atoms with Crippen molar-refractivity contribution in [3.8, 4) is 0 Å². The fourth-order valence-electron chi connectivity index (χ4n) is 2.23. The van der Waals surface area contributed by atoms with Crippen LogP contribution in [-0.2, 0) is 0 Å². The summed E-state index contributed by atoms with van der Waals surface area (Å²) in [7, 11) is 0. The molecule has 0 unspecified atom stereocenters. The number of anilines is 1. The summed E-state index contributed by atoms with van der Waals surface area (Å²) in [6, 6.07) is 11.0. The number of aryl methyl sites for hydroxylation is 2. The van der Waals surface area contributed by atoms with Crippen molar-refractivity contribution in [2.75, 3.05) is 5.32 Å². The highest BCUT2D eigenvalue weighted by Gasteiger charge is 2.24. The van der Waals surface area contributed by atoms with Crippen LogP contribution in [-0.4, -0.2) is 22.8 Å². The summed E-state index contributed by atoms with van der Waals surface area (Å²) < 4.78 is 0. The van der Waals surface area contributed by atoms with E-state index in [1.165, 1.54) is 0 Å². The molecule has 1 aromatic carbocycles. The molecule has 1 heterocycles. The van der Waals surface area contributed by atoms with Gasteiger partial charge in [0.2, 0.25) is 0 Å². The van der Waals surface area contributed by atoms with Gasteiger partial charge in [-0.25, -0.2) is 4.98 Å². The van der Waals surface area contributed by atoms with E-state index >= 15 is 0 Å². The van der Waals surface area contributed by atoms with E-state index in [9.17, 15) is 9.59 Å². The second-order valence-electron chi connectivity index (χ2n) is 5.93. The Labute approximate surface area is 135 Å². The molecule has 5 heteroatoms. The third-order valence-electron chi connectivity index (χ3n) is 3.77. The van der Waals surface area contributed by atoms with Crippen molar-refractivity contribution in [1.29, 1.82) is 0 Å².